The highest BCUT2D eigenvalue weighted by atomic mass is 32.1. The van der Waals surface area contributed by atoms with E-state index in [4.69, 9.17) is 4.98 Å². The maximum absolute atomic E-state index is 12.3. The number of rotatable bonds is 6. The monoisotopic (exact) mass is 351 g/mol. The second-order valence-electron chi connectivity index (χ2n) is 5.86. The number of hydrogen-bond acceptors (Lipinski definition) is 4. The summed E-state index contributed by atoms with van der Waals surface area (Å²) in [5.74, 6) is 0.138. The number of pyridine rings is 1. The van der Waals surface area contributed by atoms with E-state index >= 15 is 0 Å². The molecule has 1 N–H and O–H groups in total. The number of anilines is 1. The molecule has 0 aliphatic heterocycles. The van der Waals surface area contributed by atoms with Gasteiger partial charge in [-0.15, -0.1) is 11.3 Å². The predicted octanol–water partition coefficient (Wildman–Crippen LogP) is 5.25. The molecule has 1 amide bonds. The average Bonchev–Trinajstić information content (AvgIpc) is 3.14. The molecule has 128 valence electrons. The summed E-state index contributed by atoms with van der Waals surface area (Å²) in [7, 11) is 0. The zero-order chi connectivity index (χ0) is 17.6. The van der Waals surface area contributed by atoms with E-state index in [1.54, 1.807) is 23.7 Å². The van der Waals surface area contributed by atoms with E-state index in [0.29, 0.717) is 0 Å². The molecule has 0 saturated heterocycles. The Bertz CT molecular complexity index is 841. The van der Waals surface area contributed by atoms with Crippen LogP contribution in [0.4, 0.5) is 5.69 Å². The molecule has 3 aromatic rings. The Labute approximate surface area is 152 Å². The van der Waals surface area contributed by atoms with E-state index in [-0.39, 0.29) is 11.8 Å². The molecule has 0 radical (unpaired) electrons. The van der Waals surface area contributed by atoms with Gasteiger partial charge in [-0.3, -0.25) is 9.78 Å². The van der Waals surface area contributed by atoms with Gasteiger partial charge >= 0.3 is 0 Å². The van der Waals surface area contributed by atoms with Crippen molar-refractivity contribution in [2.45, 2.75) is 26.7 Å². The van der Waals surface area contributed by atoms with E-state index in [2.05, 4.69) is 10.3 Å². The second kappa shape index (κ2) is 8.03. The largest absolute Gasteiger partial charge is 0.326 e. The zero-order valence-corrected chi connectivity index (χ0v) is 15.2. The summed E-state index contributed by atoms with van der Waals surface area (Å²) in [5.41, 5.74) is 3.78. The third-order valence-corrected chi connectivity index (χ3v) is 5.11. The lowest BCUT2D eigenvalue weighted by Gasteiger charge is -2.13. The number of thiazole rings is 1. The molecule has 4 nitrogen and oxygen atoms in total. The Balaban J connectivity index is 1.80. The molecule has 2 heterocycles. The predicted molar refractivity (Wildman–Crippen MR) is 103 cm³/mol. The van der Waals surface area contributed by atoms with Crippen molar-refractivity contribution in [3.63, 3.8) is 0 Å². The van der Waals surface area contributed by atoms with E-state index in [9.17, 15) is 4.79 Å². The van der Waals surface area contributed by atoms with Crippen LogP contribution in [0.5, 0.6) is 0 Å². The van der Waals surface area contributed by atoms with Crippen molar-refractivity contribution >= 4 is 22.9 Å². The van der Waals surface area contributed by atoms with Crippen molar-refractivity contribution in [1.29, 1.82) is 0 Å². The summed E-state index contributed by atoms with van der Waals surface area (Å²) in [6.07, 6.45) is 5.24. The molecular formula is C20H21N3OS. The Hall–Kier alpha value is -2.53. The van der Waals surface area contributed by atoms with Crippen LogP contribution in [0.3, 0.4) is 0 Å². The molecule has 0 spiro atoms. The highest BCUT2D eigenvalue weighted by Crippen LogP contribution is 2.29. The first kappa shape index (κ1) is 17.3. The van der Waals surface area contributed by atoms with Gasteiger partial charge in [0.2, 0.25) is 5.91 Å². The SMILES string of the molecule is CCC(CC)C(=O)Nc1cccc(-c2csc(-c3ccncc3)n2)c1. The van der Waals surface area contributed by atoms with Gasteiger partial charge in [0.05, 0.1) is 5.69 Å². The number of carbonyl (C=O) groups is 1. The smallest absolute Gasteiger partial charge is 0.227 e. The van der Waals surface area contributed by atoms with Crippen molar-refractivity contribution in [1.82, 2.24) is 9.97 Å². The number of nitrogens with one attached hydrogen (secondary N) is 1. The Morgan fingerprint density at radius 2 is 1.88 bits per heavy atom. The minimum absolute atomic E-state index is 0.0567. The lowest BCUT2D eigenvalue weighted by atomic mass is 10.0. The third-order valence-electron chi connectivity index (χ3n) is 4.21. The van der Waals surface area contributed by atoms with Crippen molar-refractivity contribution in [3.8, 4) is 21.8 Å². The fraction of sp³-hybridized carbons (Fsp3) is 0.250. The average molecular weight is 351 g/mol. The summed E-state index contributed by atoms with van der Waals surface area (Å²) >= 11 is 1.60. The Kier molecular flexibility index (Phi) is 5.56. The highest BCUT2D eigenvalue weighted by Gasteiger charge is 2.14. The van der Waals surface area contributed by atoms with Crippen LogP contribution in [0.2, 0.25) is 0 Å². The molecule has 2 aromatic heterocycles. The standard InChI is InChI=1S/C20H21N3OS/c1-3-14(4-2)19(24)22-17-7-5-6-16(12-17)18-13-25-20(23-18)15-8-10-21-11-9-15/h5-14H,3-4H2,1-2H3,(H,22,24). The van der Waals surface area contributed by atoms with Gasteiger partial charge in [0, 0.05) is 40.5 Å². The molecule has 0 unspecified atom stereocenters. The van der Waals surface area contributed by atoms with Crippen LogP contribution in [0.15, 0.2) is 54.2 Å². The third kappa shape index (κ3) is 4.12. The van der Waals surface area contributed by atoms with Crippen LogP contribution < -0.4 is 5.32 Å². The molecule has 0 saturated carbocycles. The topological polar surface area (TPSA) is 54.9 Å². The number of amides is 1. The number of nitrogens with zero attached hydrogens (tertiary/aromatic N) is 2. The van der Waals surface area contributed by atoms with Crippen molar-refractivity contribution < 1.29 is 4.79 Å². The minimum Gasteiger partial charge on any atom is -0.326 e. The van der Waals surface area contributed by atoms with Crippen LogP contribution in [0.1, 0.15) is 26.7 Å². The van der Waals surface area contributed by atoms with Crippen molar-refractivity contribution in [2.75, 3.05) is 5.32 Å². The minimum atomic E-state index is 0.0567. The first-order valence-electron chi connectivity index (χ1n) is 8.48. The van der Waals surface area contributed by atoms with Crippen LogP contribution in [-0.4, -0.2) is 15.9 Å². The molecule has 0 bridgehead atoms. The van der Waals surface area contributed by atoms with E-state index in [1.807, 2.05) is 55.6 Å². The molecule has 0 aliphatic carbocycles. The molecule has 0 aliphatic rings. The summed E-state index contributed by atoms with van der Waals surface area (Å²) < 4.78 is 0. The Morgan fingerprint density at radius 3 is 2.60 bits per heavy atom. The van der Waals surface area contributed by atoms with Crippen molar-refractivity contribution in [3.05, 3.63) is 54.2 Å². The molecule has 5 heteroatoms. The van der Waals surface area contributed by atoms with Crippen molar-refractivity contribution in [2.24, 2.45) is 5.92 Å². The van der Waals surface area contributed by atoms with Gasteiger partial charge in [-0.2, -0.15) is 0 Å². The van der Waals surface area contributed by atoms with Crippen LogP contribution in [0.25, 0.3) is 21.8 Å². The van der Waals surface area contributed by atoms with Gasteiger partial charge in [-0.05, 0) is 37.1 Å². The van der Waals surface area contributed by atoms with Gasteiger partial charge in [-0.1, -0.05) is 26.0 Å². The fourth-order valence-corrected chi connectivity index (χ4v) is 3.53. The van der Waals surface area contributed by atoms with Gasteiger partial charge < -0.3 is 5.32 Å². The Morgan fingerprint density at radius 1 is 1.12 bits per heavy atom. The van der Waals surface area contributed by atoms with Gasteiger partial charge in [0.1, 0.15) is 5.01 Å². The summed E-state index contributed by atoms with van der Waals surface area (Å²) in [6.45, 7) is 4.08. The maximum Gasteiger partial charge on any atom is 0.227 e. The van der Waals surface area contributed by atoms with Crippen LogP contribution in [0, 0.1) is 5.92 Å². The van der Waals surface area contributed by atoms with Gasteiger partial charge in [0.15, 0.2) is 0 Å². The molecular weight excluding hydrogens is 330 g/mol. The summed E-state index contributed by atoms with van der Waals surface area (Å²) in [6, 6.07) is 11.8. The number of benzene rings is 1. The molecule has 1 aromatic carbocycles. The number of hydrogen-bond donors (Lipinski definition) is 1. The molecule has 25 heavy (non-hydrogen) atoms. The number of aromatic nitrogens is 2. The lowest BCUT2D eigenvalue weighted by Crippen LogP contribution is -2.21. The highest BCUT2D eigenvalue weighted by molar-refractivity contribution is 7.13. The normalized spacial score (nSPS) is 10.8. The first-order chi connectivity index (χ1) is 12.2. The van der Waals surface area contributed by atoms with E-state index < -0.39 is 0 Å². The van der Waals surface area contributed by atoms with E-state index in [0.717, 1.165) is 40.4 Å². The molecule has 0 atom stereocenters. The zero-order valence-electron chi connectivity index (χ0n) is 14.4. The molecule has 3 rings (SSSR count). The van der Waals surface area contributed by atoms with Gasteiger partial charge in [0.25, 0.3) is 0 Å². The quantitative estimate of drug-likeness (QED) is 0.660. The number of carbonyl (C=O) groups excluding carboxylic acids is 1. The lowest BCUT2D eigenvalue weighted by molar-refractivity contribution is -0.120. The fourth-order valence-electron chi connectivity index (χ4n) is 2.69. The molecule has 0 fully saturated rings. The maximum atomic E-state index is 12.3. The van der Waals surface area contributed by atoms with E-state index in [1.165, 1.54) is 0 Å². The second-order valence-corrected chi connectivity index (χ2v) is 6.72. The summed E-state index contributed by atoms with van der Waals surface area (Å²) in [5, 5.41) is 6.02. The first-order valence-corrected chi connectivity index (χ1v) is 9.36. The summed E-state index contributed by atoms with van der Waals surface area (Å²) in [4.78, 5) is 21.0. The van der Waals surface area contributed by atoms with Crippen LogP contribution in [-0.2, 0) is 4.79 Å². The van der Waals surface area contributed by atoms with Gasteiger partial charge in [-0.25, -0.2) is 4.98 Å². The van der Waals surface area contributed by atoms with Crippen LogP contribution >= 0.6 is 11.3 Å².